The zero-order valence-corrected chi connectivity index (χ0v) is 19.5. The molecule has 3 aromatic rings. The molecular weight excluding hydrogens is 422 g/mol. The zero-order valence-electron chi connectivity index (χ0n) is 18.6. The molecule has 32 heavy (non-hydrogen) atoms. The van der Waals surface area contributed by atoms with Gasteiger partial charge in [-0.3, -0.25) is 0 Å². The summed E-state index contributed by atoms with van der Waals surface area (Å²) in [6, 6.07) is 11.8. The lowest BCUT2D eigenvalue weighted by atomic mass is 9.93. The van der Waals surface area contributed by atoms with Crippen LogP contribution in [0.5, 0.6) is 11.5 Å². The molecule has 1 aromatic heterocycles. The van der Waals surface area contributed by atoms with Crippen molar-refractivity contribution in [3.8, 4) is 11.5 Å². The molecule has 0 bridgehead atoms. The van der Waals surface area contributed by atoms with Crippen molar-refractivity contribution < 1.29 is 9.47 Å². The second-order valence-corrected chi connectivity index (χ2v) is 8.46. The van der Waals surface area contributed by atoms with E-state index in [-0.39, 0.29) is 6.10 Å². The van der Waals surface area contributed by atoms with Gasteiger partial charge in [-0.1, -0.05) is 18.2 Å². The van der Waals surface area contributed by atoms with Gasteiger partial charge >= 0.3 is 0 Å². The van der Waals surface area contributed by atoms with Crippen LogP contribution < -0.4 is 25.4 Å². The quantitative estimate of drug-likeness (QED) is 0.472. The molecule has 1 saturated heterocycles. The van der Waals surface area contributed by atoms with E-state index in [1.165, 1.54) is 6.33 Å². The molecule has 4 rings (SSSR count). The van der Waals surface area contributed by atoms with Gasteiger partial charge in [0.15, 0.2) is 16.6 Å². The Morgan fingerprint density at radius 3 is 2.66 bits per heavy atom. The molecule has 1 atom stereocenters. The van der Waals surface area contributed by atoms with E-state index in [0.717, 1.165) is 48.1 Å². The van der Waals surface area contributed by atoms with Gasteiger partial charge in [-0.2, -0.15) is 0 Å². The van der Waals surface area contributed by atoms with E-state index in [0.29, 0.717) is 28.3 Å². The van der Waals surface area contributed by atoms with E-state index in [2.05, 4.69) is 32.8 Å². The normalized spacial score (nSPS) is 15.2. The number of para-hydroxylation sites is 1. The van der Waals surface area contributed by atoms with Gasteiger partial charge in [0.1, 0.15) is 12.1 Å². The summed E-state index contributed by atoms with van der Waals surface area (Å²) < 4.78 is 12.0. The second-order valence-electron chi connectivity index (χ2n) is 8.05. The molecule has 7 nitrogen and oxygen atoms in total. The number of methoxy groups -OCH3 is 1. The summed E-state index contributed by atoms with van der Waals surface area (Å²) >= 11 is 5.51. The number of piperidine rings is 1. The number of hydrogen-bond donors (Lipinski definition) is 3. The summed E-state index contributed by atoms with van der Waals surface area (Å²) in [7, 11) is 1.64. The average molecular weight is 452 g/mol. The van der Waals surface area contributed by atoms with Crippen molar-refractivity contribution in [1.82, 2.24) is 15.3 Å². The molecule has 0 saturated carbocycles. The highest BCUT2D eigenvalue weighted by Crippen LogP contribution is 2.35. The Morgan fingerprint density at radius 1 is 1.12 bits per heavy atom. The average Bonchev–Trinajstić information content (AvgIpc) is 2.81. The number of ether oxygens (including phenoxy) is 2. The Hall–Kier alpha value is -2.97. The van der Waals surface area contributed by atoms with Gasteiger partial charge in [0.05, 0.1) is 18.7 Å². The third-order valence-electron chi connectivity index (χ3n) is 5.91. The number of aromatic nitrogens is 2. The molecule has 0 radical (unpaired) electrons. The van der Waals surface area contributed by atoms with Crippen LogP contribution in [-0.4, -0.2) is 41.4 Å². The Balaban J connectivity index is 1.56. The lowest BCUT2D eigenvalue weighted by Gasteiger charge is -2.29. The first-order valence-electron chi connectivity index (χ1n) is 10.9. The first-order valence-corrected chi connectivity index (χ1v) is 11.3. The van der Waals surface area contributed by atoms with Crippen LogP contribution in [0.15, 0.2) is 42.7 Å². The minimum absolute atomic E-state index is 0.0915. The highest BCUT2D eigenvalue weighted by Gasteiger charge is 2.23. The maximum Gasteiger partial charge on any atom is 0.176 e. The Morgan fingerprint density at radius 2 is 1.91 bits per heavy atom. The van der Waals surface area contributed by atoms with Gasteiger partial charge < -0.3 is 25.4 Å². The molecule has 8 heteroatoms. The topological polar surface area (TPSA) is 80.3 Å². The highest BCUT2D eigenvalue weighted by molar-refractivity contribution is 7.80. The van der Waals surface area contributed by atoms with Crippen LogP contribution >= 0.6 is 12.2 Å². The Kier molecular flexibility index (Phi) is 7.02. The lowest BCUT2D eigenvalue weighted by molar-refractivity contribution is 0.124. The number of thiocarbonyl (C=S) groups is 1. The minimum Gasteiger partial charge on any atom is -0.493 e. The predicted molar refractivity (Wildman–Crippen MR) is 133 cm³/mol. The molecule has 2 heterocycles. The molecule has 1 fully saturated rings. The van der Waals surface area contributed by atoms with E-state index in [1.807, 2.05) is 43.3 Å². The monoisotopic (exact) mass is 451 g/mol. The molecule has 168 valence electrons. The van der Waals surface area contributed by atoms with Crippen molar-refractivity contribution in [2.24, 2.45) is 5.92 Å². The Labute approximate surface area is 193 Å². The van der Waals surface area contributed by atoms with Crippen LogP contribution in [0.25, 0.3) is 10.9 Å². The van der Waals surface area contributed by atoms with E-state index in [1.54, 1.807) is 7.11 Å². The highest BCUT2D eigenvalue weighted by atomic mass is 32.1. The summed E-state index contributed by atoms with van der Waals surface area (Å²) in [5.74, 6) is 2.46. The molecule has 1 aliphatic rings. The van der Waals surface area contributed by atoms with Crippen LogP contribution in [-0.2, 0) is 0 Å². The summed E-state index contributed by atoms with van der Waals surface area (Å²) in [4.78, 5) is 8.84. The number of nitrogens with zero attached hydrogens (tertiary/aromatic N) is 2. The van der Waals surface area contributed by atoms with Crippen molar-refractivity contribution in [2.75, 3.05) is 30.8 Å². The van der Waals surface area contributed by atoms with Crippen molar-refractivity contribution >= 4 is 39.7 Å². The van der Waals surface area contributed by atoms with Crippen molar-refractivity contribution in [2.45, 2.75) is 32.8 Å². The van der Waals surface area contributed by atoms with E-state index in [9.17, 15) is 0 Å². The van der Waals surface area contributed by atoms with E-state index in [4.69, 9.17) is 21.7 Å². The molecule has 0 aliphatic carbocycles. The molecule has 0 amide bonds. The predicted octanol–water partition coefficient (Wildman–Crippen LogP) is 4.52. The van der Waals surface area contributed by atoms with Crippen LogP contribution in [0.2, 0.25) is 0 Å². The van der Waals surface area contributed by atoms with Gasteiger partial charge in [-0.05, 0) is 75.6 Å². The fourth-order valence-corrected chi connectivity index (χ4v) is 4.21. The molecule has 0 spiro atoms. The van der Waals surface area contributed by atoms with Crippen LogP contribution in [0, 0.1) is 12.8 Å². The summed E-state index contributed by atoms with van der Waals surface area (Å²) in [6.07, 6.45) is 3.83. The standard InChI is InChI=1S/C24H29N5O2S/c1-15-6-4-5-7-19(15)28-24(32)29-23-18-12-21(30-3)22(13-20(18)26-14-27-23)31-16(2)17-8-10-25-11-9-17/h4-7,12-14,16-17,25H,8-11H2,1-3H3,(H2,26,27,28,29,32). The van der Waals surface area contributed by atoms with Gasteiger partial charge in [0, 0.05) is 17.1 Å². The van der Waals surface area contributed by atoms with E-state index < -0.39 is 0 Å². The third-order valence-corrected chi connectivity index (χ3v) is 6.11. The zero-order chi connectivity index (χ0) is 22.5. The SMILES string of the molecule is COc1cc2c(NC(=S)Nc3ccccc3C)ncnc2cc1OC(C)C1CCNCC1. The summed E-state index contributed by atoms with van der Waals surface area (Å²) in [6.45, 7) is 6.22. The number of aryl methyl sites for hydroxylation is 1. The van der Waals surface area contributed by atoms with Gasteiger partial charge in [-0.25, -0.2) is 9.97 Å². The van der Waals surface area contributed by atoms with Gasteiger partial charge in [0.25, 0.3) is 0 Å². The van der Waals surface area contributed by atoms with Crippen LogP contribution in [0.3, 0.4) is 0 Å². The largest absolute Gasteiger partial charge is 0.493 e. The molecular formula is C24H29N5O2S. The maximum atomic E-state index is 6.33. The van der Waals surface area contributed by atoms with Crippen LogP contribution in [0.4, 0.5) is 11.5 Å². The number of hydrogen-bond acceptors (Lipinski definition) is 6. The first kappa shape index (κ1) is 22.2. The van der Waals surface area contributed by atoms with E-state index >= 15 is 0 Å². The number of anilines is 2. The molecule has 2 aromatic carbocycles. The number of nitrogens with one attached hydrogen (secondary N) is 3. The van der Waals surface area contributed by atoms with Gasteiger partial charge in [-0.15, -0.1) is 0 Å². The Bertz CT molecular complexity index is 1100. The maximum absolute atomic E-state index is 6.33. The summed E-state index contributed by atoms with van der Waals surface area (Å²) in [5, 5.41) is 11.1. The number of fused-ring (bicyclic) bond motifs is 1. The lowest BCUT2D eigenvalue weighted by Crippen LogP contribution is -2.35. The van der Waals surface area contributed by atoms with Crippen molar-refractivity contribution in [3.63, 3.8) is 0 Å². The smallest absolute Gasteiger partial charge is 0.176 e. The van der Waals surface area contributed by atoms with Crippen molar-refractivity contribution in [3.05, 3.63) is 48.3 Å². The summed E-state index contributed by atoms with van der Waals surface area (Å²) in [5.41, 5.74) is 2.81. The molecule has 1 unspecified atom stereocenters. The first-order chi connectivity index (χ1) is 15.5. The number of benzene rings is 2. The number of rotatable bonds is 6. The second kappa shape index (κ2) is 10.1. The third kappa shape index (κ3) is 5.08. The minimum atomic E-state index is 0.0915. The fraction of sp³-hybridized carbons (Fsp3) is 0.375. The van der Waals surface area contributed by atoms with Crippen LogP contribution in [0.1, 0.15) is 25.3 Å². The van der Waals surface area contributed by atoms with Crippen molar-refractivity contribution in [1.29, 1.82) is 0 Å². The molecule has 3 N–H and O–H groups in total. The van der Waals surface area contributed by atoms with Gasteiger partial charge in [0.2, 0.25) is 0 Å². The molecule has 1 aliphatic heterocycles. The fourth-order valence-electron chi connectivity index (χ4n) is 4.00.